The van der Waals surface area contributed by atoms with Crippen LogP contribution in [0.5, 0.6) is 0 Å². The van der Waals surface area contributed by atoms with Crippen LogP contribution in [0.25, 0.3) is 0 Å². The van der Waals surface area contributed by atoms with Gasteiger partial charge in [0.25, 0.3) is 0 Å². The number of anilines is 4. The molecule has 2 aliphatic carbocycles. The Balaban J connectivity index is 1.55. The maximum absolute atomic E-state index is 14.6. The van der Waals surface area contributed by atoms with E-state index < -0.39 is 17.6 Å². The summed E-state index contributed by atoms with van der Waals surface area (Å²) in [5.41, 5.74) is 6.91. The summed E-state index contributed by atoms with van der Waals surface area (Å²) in [7, 11) is 0. The monoisotopic (exact) mass is 453 g/mol. The first-order valence-electron chi connectivity index (χ1n) is 10.2. The highest BCUT2D eigenvalue weighted by molar-refractivity contribution is 8.00. The second kappa shape index (κ2) is 7.94. The molecule has 6 bridgehead atoms. The molecule has 0 saturated heterocycles. The van der Waals surface area contributed by atoms with Crippen LogP contribution in [-0.2, 0) is 9.59 Å². The van der Waals surface area contributed by atoms with E-state index in [2.05, 4.69) is 32.0 Å². The molecule has 3 aliphatic rings. The summed E-state index contributed by atoms with van der Waals surface area (Å²) in [6.07, 6.45) is 2.61. The van der Waals surface area contributed by atoms with Crippen molar-refractivity contribution in [3.8, 4) is 6.07 Å². The number of aromatic nitrogens is 2. The molecule has 5 atom stereocenters. The number of nitrogens with zero attached hydrogens (tertiary/aromatic N) is 3. The SMILES string of the molecule is N#Cc1ccc2cc1NC(=O)CS[C@@H]1C[C@@H]3C[C@H]1[C@@H](Nc1nc(ncc1F)N2)[C@H]3C(N)=O. The van der Waals surface area contributed by atoms with Gasteiger partial charge in [0.2, 0.25) is 17.8 Å². The van der Waals surface area contributed by atoms with Gasteiger partial charge in [-0.15, -0.1) is 11.8 Å². The van der Waals surface area contributed by atoms with Gasteiger partial charge in [0.05, 0.1) is 29.1 Å². The molecule has 11 heteroatoms. The lowest BCUT2D eigenvalue weighted by molar-refractivity contribution is -0.123. The molecule has 32 heavy (non-hydrogen) atoms. The normalized spacial score (nSPS) is 28.4. The zero-order valence-electron chi connectivity index (χ0n) is 16.8. The first-order chi connectivity index (χ1) is 15.4. The lowest BCUT2D eigenvalue weighted by Gasteiger charge is -2.34. The topological polar surface area (TPSA) is 146 Å². The number of halogens is 1. The minimum atomic E-state index is -0.632. The summed E-state index contributed by atoms with van der Waals surface area (Å²) in [6, 6.07) is 6.52. The fourth-order valence-electron chi connectivity index (χ4n) is 5.11. The molecule has 2 fully saturated rings. The van der Waals surface area contributed by atoms with Crippen LogP contribution in [0.15, 0.2) is 24.4 Å². The number of thioether (sulfide) groups is 1. The Kier molecular flexibility index (Phi) is 5.09. The third kappa shape index (κ3) is 3.60. The van der Waals surface area contributed by atoms with Crippen molar-refractivity contribution in [1.82, 2.24) is 9.97 Å². The lowest BCUT2D eigenvalue weighted by Crippen LogP contribution is -2.46. The average molecular weight is 454 g/mol. The second-order valence-electron chi connectivity index (χ2n) is 8.28. The van der Waals surface area contributed by atoms with Gasteiger partial charge < -0.3 is 21.7 Å². The number of nitrogens with one attached hydrogen (secondary N) is 3. The van der Waals surface area contributed by atoms with E-state index in [-0.39, 0.29) is 46.6 Å². The fourth-order valence-corrected chi connectivity index (χ4v) is 6.46. The summed E-state index contributed by atoms with van der Waals surface area (Å²) in [5, 5.41) is 18.4. The van der Waals surface area contributed by atoms with Crippen molar-refractivity contribution >= 4 is 46.7 Å². The van der Waals surface area contributed by atoms with E-state index in [0.717, 1.165) is 19.0 Å². The molecule has 0 spiro atoms. The van der Waals surface area contributed by atoms with Crippen LogP contribution in [0.2, 0.25) is 0 Å². The Morgan fingerprint density at radius 1 is 1.31 bits per heavy atom. The van der Waals surface area contributed by atoms with Gasteiger partial charge in [-0.2, -0.15) is 10.2 Å². The van der Waals surface area contributed by atoms with E-state index in [1.54, 1.807) is 18.2 Å². The molecule has 1 aliphatic heterocycles. The number of primary amides is 1. The van der Waals surface area contributed by atoms with Crippen molar-refractivity contribution in [2.24, 2.45) is 23.5 Å². The van der Waals surface area contributed by atoms with Crippen LogP contribution < -0.4 is 21.7 Å². The minimum absolute atomic E-state index is 0.00649. The molecular formula is C21H20FN7O2S. The number of nitriles is 1. The van der Waals surface area contributed by atoms with Crippen LogP contribution >= 0.6 is 11.8 Å². The number of benzene rings is 1. The Labute approximate surface area is 187 Å². The van der Waals surface area contributed by atoms with Gasteiger partial charge in [0.15, 0.2) is 11.6 Å². The van der Waals surface area contributed by atoms with Crippen LogP contribution in [0, 0.1) is 34.9 Å². The highest BCUT2D eigenvalue weighted by Crippen LogP contribution is 2.53. The molecule has 1 aromatic carbocycles. The molecule has 2 amide bonds. The van der Waals surface area contributed by atoms with Gasteiger partial charge in [-0.05, 0) is 42.9 Å². The highest BCUT2D eigenvalue weighted by atomic mass is 32.2. The minimum Gasteiger partial charge on any atom is -0.369 e. The van der Waals surface area contributed by atoms with Crippen molar-refractivity contribution in [2.75, 3.05) is 21.7 Å². The molecule has 164 valence electrons. The summed E-state index contributed by atoms with van der Waals surface area (Å²) in [4.78, 5) is 33.1. The van der Waals surface area contributed by atoms with Crippen molar-refractivity contribution in [3.63, 3.8) is 0 Å². The van der Waals surface area contributed by atoms with Crippen LogP contribution in [0.1, 0.15) is 18.4 Å². The third-order valence-corrected chi connectivity index (χ3v) is 7.82. The van der Waals surface area contributed by atoms with Gasteiger partial charge in [-0.25, -0.2) is 9.37 Å². The van der Waals surface area contributed by atoms with Crippen LogP contribution in [0.3, 0.4) is 0 Å². The van der Waals surface area contributed by atoms with Crippen molar-refractivity contribution in [2.45, 2.75) is 24.1 Å². The predicted molar refractivity (Wildman–Crippen MR) is 118 cm³/mol. The zero-order chi connectivity index (χ0) is 22.4. The molecule has 2 aromatic rings. The van der Waals surface area contributed by atoms with E-state index in [0.29, 0.717) is 16.9 Å². The molecule has 5 rings (SSSR count). The Hall–Kier alpha value is -3.39. The van der Waals surface area contributed by atoms with Gasteiger partial charge in [-0.3, -0.25) is 9.59 Å². The molecule has 2 saturated carbocycles. The summed E-state index contributed by atoms with van der Waals surface area (Å²) in [6.45, 7) is 0. The lowest BCUT2D eigenvalue weighted by atomic mass is 9.83. The third-order valence-electron chi connectivity index (χ3n) is 6.42. The largest absolute Gasteiger partial charge is 0.369 e. The number of fused-ring (bicyclic) bond motifs is 5. The number of carbonyl (C=O) groups is 2. The molecular weight excluding hydrogens is 433 g/mol. The molecule has 5 N–H and O–H groups in total. The number of rotatable bonds is 1. The number of nitrogens with two attached hydrogens (primary N) is 1. The van der Waals surface area contributed by atoms with Crippen molar-refractivity contribution in [3.05, 3.63) is 35.8 Å². The van der Waals surface area contributed by atoms with Gasteiger partial charge in [0.1, 0.15) is 6.07 Å². The predicted octanol–water partition coefficient (Wildman–Crippen LogP) is 2.21. The second-order valence-corrected chi connectivity index (χ2v) is 9.51. The average Bonchev–Trinajstić information content (AvgIpc) is 3.32. The quantitative estimate of drug-likeness (QED) is 0.514. The van der Waals surface area contributed by atoms with Crippen LogP contribution in [-0.4, -0.2) is 38.8 Å². The van der Waals surface area contributed by atoms with Crippen molar-refractivity contribution < 1.29 is 14.0 Å². The maximum Gasteiger partial charge on any atom is 0.234 e. The molecule has 2 heterocycles. The summed E-state index contributed by atoms with van der Waals surface area (Å²) >= 11 is 1.51. The number of amides is 2. The van der Waals surface area contributed by atoms with Gasteiger partial charge in [0, 0.05) is 17.0 Å². The van der Waals surface area contributed by atoms with E-state index in [4.69, 9.17) is 5.73 Å². The first kappa shape index (κ1) is 20.5. The highest BCUT2D eigenvalue weighted by Gasteiger charge is 2.55. The Morgan fingerprint density at radius 3 is 2.94 bits per heavy atom. The Bertz CT molecular complexity index is 1150. The van der Waals surface area contributed by atoms with Gasteiger partial charge >= 0.3 is 0 Å². The smallest absolute Gasteiger partial charge is 0.234 e. The van der Waals surface area contributed by atoms with E-state index in [9.17, 15) is 19.2 Å². The Morgan fingerprint density at radius 2 is 2.16 bits per heavy atom. The van der Waals surface area contributed by atoms with Gasteiger partial charge in [-0.1, -0.05) is 0 Å². The van der Waals surface area contributed by atoms with Crippen molar-refractivity contribution in [1.29, 1.82) is 5.26 Å². The number of carbonyl (C=O) groups excluding carboxylic acids is 2. The summed E-state index contributed by atoms with van der Waals surface area (Å²) < 4.78 is 14.6. The number of hydrogen-bond donors (Lipinski definition) is 4. The molecule has 0 radical (unpaired) electrons. The zero-order valence-corrected chi connectivity index (χ0v) is 17.7. The number of hydrogen-bond acceptors (Lipinski definition) is 8. The molecule has 0 unspecified atom stereocenters. The van der Waals surface area contributed by atoms with E-state index in [1.807, 2.05) is 0 Å². The molecule has 1 aromatic heterocycles. The molecule has 9 nitrogen and oxygen atoms in total. The summed E-state index contributed by atoms with van der Waals surface area (Å²) in [5.74, 6) is -1.25. The van der Waals surface area contributed by atoms with E-state index in [1.165, 1.54) is 11.8 Å². The fraction of sp³-hybridized carbons (Fsp3) is 0.381. The van der Waals surface area contributed by atoms with Crippen LogP contribution in [0.4, 0.5) is 27.5 Å². The first-order valence-corrected chi connectivity index (χ1v) is 11.3. The van der Waals surface area contributed by atoms with E-state index >= 15 is 0 Å². The standard InChI is InChI=1S/C21H20FN7O2S/c22-13-7-25-21-26-11-2-1-9(6-23)14(5-11)27-16(30)8-32-15-4-10-3-12(15)18(17(10)19(24)31)28-20(13)29-21/h1-2,5,7,10,12,15,17-18H,3-4,8H2,(H2,24,31)(H,27,30)(H2,25,26,28,29)/t10-,12+,15+,17-,18+/m0/s1. The maximum atomic E-state index is 14.6.